The highest BCUT2D eigenvalue weighted by atomic mass is 16.7. The largest absolute Gasteiger partial charge is 0.394 e. The molecule has 0 spiro atoms. The summed E-state index contributed by atoms with van der Waals surface area (Å²) in [5, 5.41) is 57.0. The normalized spacial score (nSPS) is 44.7. The van der Waals surface area contributed by atoms with Crippen LogP contribution in [0.1, 0.15) is 19.3 Å². The van der Waals surface area contributed by atoms with Crippen molar-refractivity contribution in [3.05, 3.63) is 11.6 Å². The standard InChI is InChI=1S/C14H21NO7/c15-4-3-7-1-2-8(17)5-9(7)21-14-13(20)12(19)11(18)10(6-16)22-14/h3,8-14,16-20H,1-2,5-6H2/b7-3+/t8-,9-,10-,11-,12+,13-,14-/m1/s1. The Kier molecular flexibility index (Phi) is 5.88. The Bertz CT molecular complexity index is 447. The fraction of sp³-hybridized carbons (Fsp3) is 0.786. The van der Waals surface area contributed by atoms with Crippen molar-refractivity contribution in [2.75, 3.05) is 6.61 Å². The number of nitrogens with zero attached hydrogens (tertiary/aromatic N) is 1. The average molecular weight is 315 g/mol. The van der Waals surface area contributed by atoms with Crippen molar-refractivity contribution in [2.24, 2.45) is 0 Å². The van der Waals surface area contributed by atoms with Gasteiger partial charge in [-0.3, -0.25) is 0 Å². The number of allylic oxidation sites excluding steroid dienone is 1. The molecule has 0 aromatic heterocycles. The van der Waals surface area contributed by atoms with Crippen molar-refractivity contribution in [3.63, 3.8) is 0 Å². The number of nitriles is 1. The molecular formula is C14H21NO7. The Balaban J connectivity index is 2.10. The summed E-state index contributed by atoms with van der Waals surface area (Å²) >= 11 is 0. The molecule has 0 radical (unpaired) electrons. The Morgan fingerprint density at radius 2 is 1.95 bits per heavy atom. The first-order valence-corrected chi connectivity index (χ1v) is 7.20. The Hall–Kier alpha value is -1.05. The van der Waals surface area contributed by atoms with E-state index in [1.807, 2.05) is 6.07 Å². The molecule has 2 fully saturated rings. The van der Waals surface area contributed by atoms with Crippen LogP contribution in [0.4, 0.5) is 0 Å². The summed E-state index contributed by atoms with van der Waals surface area (Å²) in [5.74, 6) is 0. The van der Waals surface area contributed by atoms with Gasteiger partial charge in [-0.25, -0.2) is 0 Å². The molecule has 1 saturated heterocycles. The molecular weight excluding hydrogens is 294 g/mol. The van der Waals surface area contributed by atoms with Crippen LogP contribution in [0.2, 0.25) is 0 Å². The monoisotopic (exact) mass is 315 g/mol. The van der Waals surface area contributed by atoms with Crippen LogP contribution in [0.25, 0.3) is 0 Å². The van der Waals surface area contributed by atoms with Gasteiger partial charge in [0, 0.05) is 12.5 Å². The van der Waals surface area contributed by atoms with Crippen LogP contribution in [0, 0.1) is 11.3 Å². The van der Waals surface area contributed by atoms with Gasteiger partial charge in [0.15, 0.2) is 6.29 Å². The molecule has 5 N–H and O–H groups in total. The summed E-state index contributed by atoms with van der Waals surface area (Å²) in [5.41, 5.74) is 0.671. The topological polar surface area (TPSA) is 143 Å². The van der Waals surface area contributed by atoms with E-state index in [-0.39, 0.29) is 6.42 Å². The first-order chi connectivity index (χ1) is 10.5. The highest BCUT2D eigenvalue weighted by Crippen LogP contribution is 2.30. The number of hydrogen-bond acceptors (Lipinski definition) is 8. The van der Waals surface area contributed by atoms with Gasteiger partial charge in [0.05, 0.1) is 24.9 Å². The zero-order valence-electron chi connectivity index (χ0n) is 11.9. The molecule has 2 rings (SSSR count). The van der Waals surface area contributed by atoms with Gasteiger partial charge >= 0.3 is 0 Å². The van der Waals surface area contributed by atoms with Crippen LogP contribution in [-0.2, 0) is 9.47 Å². The summed E-state index contributed by atoms with van der Waals surface area (Å²) in [6, 6.07) is 1.91. The van der Waals surface area contributed by atoms with E-state index in [0.29, 0.717) is 18.4 Å². The Morgan fingerprint density at radius 3 is 2.59 bits per heavy atom. The van der Waals surface area contributed by atoms with Crippen LogP contribution in [0.5, 0.6) is 0 Å². The van der Waals surface area contributed by atoms with Gasteiger partial charge in [-0.05, 0) is 18.4 Å². The van der Waals surface area contributed by atoms with E-state index in [9.17, 15) is 20.4 Å². The van der Waals surface area contributed by atoms with E-state index in [4.69, 9.17) is 19.8 Å². The van der Waals surface area contributed by atoms with E-state index >= 15 is 0 Å². The second kappa shape index (κ2) is 7.48. The molecule has 0 bridgehead atoms. The van der Waals surface area contributed by atoms with Crippen molar-refractivity contribution in [3.8, 4) is 6.07 Å². The third-order valence-electron chi connectivity index (χ3n) is 4.06. The van der Waals surface area contributed by atoms with Gasteiger partial charge in [0.1, 0.15) is 24.4 Å². The number of aliphatic hydroxyl groups excluding tert-OH is 5. The Labute approximate surface area is 127 Å². The molecule has 22 heavy (non-hydrogen) atoms. The van der Waals surface area contributed by atoms with Crippen molar-refractivity contribution in [1.82, 2.24) is 0 Å². The summed E-state index contributed by atoms with van der Waals surface area (Å²) < 4.78 is 10.9. The van der Waals surface area contributed by atoms with Gasteiger partial charge in [-0.2, -0.15) is 5.26 Å². The van der Waals surface area contributed by atoms with Gasteiger partial charge in [0.25, 0.3) is 0 Å². The second-order valence-corrected chi connectivity index (χ2v) is 5.60. The van der Waals surface area contributed by atoms with Gasteiger partial charge in [0.2, 0.25) is 0 Å². The molecule has 1 aliphatic carbocycles. The zero-order chi connectivity index (χ0) is 16.3. The maximum Gasteiger partial charge on any atom is 0.187 e. The predicted octanol–water partition coefficient (Wildman–Crippen LogP) is -1.83. The smallest absolute Gasteiger partial charge is 0.187 e. The molecule has 1 saturated carbocycles. The molecule has 124 valence electrons. The van der Waals surface area contributed by atoms with Crippen LogP contribution in [0.15, 0.2) is 11.6 Å². The van der Waals surface area contributed by atoms with Crippen molar-refractivity contribution in [1.29, 1.82) is 5.26 Å². The van der Waals surface area contributed by atoms with Gasteiger partial charge < -0.3 is 35.0 Å². The molecule has 0 amide bonds. The van der Waals surface area contributed by atoms with Gasteiger partial charge in [-0.1, -0.05) is 0 Å². The van der Waals surface area contributed by atoms with E-state index in [1.54, 1.807) is 0 Å². The minimum Gasteiger partial charge on any atom is -0.394 e. The fourth-order valence-electron chi connectivity index (χ4n) is 2.74. The second-order valence-electron chi connectivity index (χ2n) is 5.60. The molecule has 0 unspecified atom stereocenters. The van der Waals surface area contributed by atoms with Crippen molar-refractivity contribution >= 4 is 0 Å². The average Bonchev–Trinajstić information content (AvgIpc) is 2.50. The summed E-state index contributed by atoms with van der Waals surface area (Å²) in [4.78, 5) is 0. The maximum absolute atomic E-state index is 9.95. The van der Waals surface area contributed by atoms with Gasteiger partial charge in [-0.15, -0.1) is 0 Å². The lowest BCUT2D eigenvalue weighted by Crippen LogP contribution is -2.59. The lowest BCUT2D eigenvalue weighted by molar-refractivity contribution is -0.310. The minimum absolute atomic E-state index is 0.239. The first-order valence-electron chi connectivity index (χ1n) is 7.20. The van der Waals surface area contributed by atoms with E-state index in [1.165, 1.54) is 6.08 Å². The highest BCUT2D eigenvalue weighted by molar-refractivity contribution is 5.20. The SMILES string of the molecule is N#C/C=C1\CC[C@@H](O)C[C@H]1O[C@@H]1O[C@H](CO)[C@@H](O)[C@H](O)[C@H]1O. The van der Waals surface area contributed by atoms with E-state index in [2.05, 4.69) is 0 Å². The summed E-state index contributed by atoms with van der Waals surface area (Å²) in [7, 11) is 0. The number of rotatable bonds is 3. The molecule has 0 aromatic carbocycles. The molecule has 0 aromatic rings. The molecule has 8 heteroatoms. The molecule has 8 nitrogen and oxygen atoms in total. The Morgan fingerprint density at radius 1 is 1.23 bits per heavy atom. The van der Waals surface area contributed by atoms with Crippen molar-refractivity contribution in [2.45, 2.75) is 62.2 Å². The molecule has 7 atom stereocenters. The maximum atomic E-state index is 9.95. The summed E-state index contributed by atoms with van der Waals surface area (Å²) in [6.45, 7) is -0.543. The minimum atomic E-state index is -1.52. The zero-order valence-corrected chi connectivity index (χ0v) is 11.9. The third kappa shape index (κ3) is 3.64. The number of ether oxygens (including phenoxy) is 2. The van der Waals surface area contributed by atoms with Crippen LogP contribution in [-0.4, -0.2) is 75.1 Å². The number of hydrogen-bond donors (Lipinski definition) is 5. The number of aliphatic hydroxyl groups is 5. The van der Waals surface area contributed by atoms with Crippen LogP contribution < -0.4 is 0 Å². The quantitative estimate of drug-likeness (QED) is 0.382. The molecule has 2 aliphatic rings. The lowest BCUT2D eigenvalue weighted by Gasteiger charge is -2.42. The first kappa shape index (κ1) is 17.3. The lowest BCUT2D eigenvalue weighted by atomic mass is 9.89. The van der Waals surface area contributed by atoms with E-state index < -0.39 is 49.5 Å². The third-order valence-corrected chi connectivity index (χ3v) is 4.06. The van der Waals surface area contributed by atoms with Crippen LogP contribution in [0.3, 0.4) is 0 Å². The fourth-order valence-corrected chi connectivity index (χ4v) is 2.74. The summed E-state index contributed by atoms with van der Waals surface area (Å²) in [6.07, 6.45) is -5.45. The van der Waals surface area contributed by atoms with Crippen molar-refractivity contribution < 1.29 is 35.0 Å². The predicted molar refractivity (Wildman–Crippen MR) is 72.2 cm³/mol. The van der Waals surface area contributed by atoms with Crippen LogP contribution >= 0.6 is 0 Å². The molecule has 1 heterocycles. The molecule has 1 aliphatic heterocycles. The highest BCUT2D eigenvalue weighted by Gasteiger charge is 2.45. The van der Waals surface area contributed by atoms with E-state index in [0.717, 1.165) is 0 Å².